The van der Waals surface area contributed by atoms with Gasteiger partial charge in [-0.1, -0.05) is 0 Å². The van der Waals surface area contributed by atoms with E-state index in [-0.39, 0.29) is 0 Å². The van der Waals surface area contributed by atoms with Gasteiger partial charge in [0.15, 0.2) is 0 Å². The zero-order valence-electron chi connectivity index (χ0n) is 8.08. The van der Waals surface area contributed by atoms with Crippen LogP contribution in [0.2, 0.25) is 0 Å². The maximum Gasteiger partial charge on any atom is 0.0701 e. The first-order valence-corrected chi connectivity index (χ1v) is 6.24. The summed E-state index contributed by atoms with van der Waals surface area (Å²) in [5.41, 5.74) is 11.1. The molecule has 0 saturated heterocycles. The first-order valence-electron chi connectivity index (χ1n) is 4.63. The van der Waals surface area contributed by atoms with Crippen LogP contribution in [0.3, 0.4) is 0 Å². The molecular formula is C9H16BrN3S. The lowest BCUT2D eigenvalue weighted by molar-refractivity contribution is 0.283. The highest BCUT2D eigenvalue weighted by atomic mass is 79.9. The number of hydrogen-bond acceptors (Lipinski definition) is 4. The Morgan fingerprint density at radius 2 is 1.86 bits per heavy atom. The molecule has 5 heteroatoms. The molecule has 0 amide bonds. The van der Waals surface area contributed by atoms with Crippen molar-refractivity contribution >= 4 is 27.3 Å². The van der Waals surface area contributed by atoms with Crippen LogP contribution in [-0.2, 0) is 6.54 Å². The van der Waals surface area contributed by atoms with E-state index < -0.39 is 0 Å². The second kappa shape index (κ2) is 6.53. The molecule has 1 rings (SSSR count). The van der Waals surface area contributed by atoms with Crippen molar-refractivity contribution in [1.29, 1.82) is 0 Å². The topological polar surface area (TPSA) is 55.3 Å². The van der Waals surface area contributed by atoms with E-state index in [0.717, 1.165) is 19.6 Å². The Hall–Kier alpha value is 0.0600. The highest BCUT2D eigenvalue weighted by Gasteiger charge is 2.05. The second-order valence-electron chi connectivity index (χ2n) is 3.06. The predicted molar refractivity (Wildman–Crippen MR) is 65.4 cm³/mol. The minimum Gasteiger partial charge on any atom is -0.329 e. The predicted octanol–water partition coefficient (Wildman–Crippen LogP) is 1.23. The van der Waals surface area contributed by atoms with E-state index >= 15 is 0 Å². The molecule has 14 heavy (non-hydrogen) atoms. The lowest BCUT2D eigenvalue weighted by Gasteiger charge is -2.19. The van der Waals surface area contributed by atoms with Crippen molar-refractivity contribution in [2.75, 3.05) is 26.2 Å². The zero-order chi connectivity index (χ0) is 10.4. The Balaban J connectivity index is 2.46. The lowest BCUT2D eigenvalue weighted by atomic mass is 10.4. The van der Waals surface area contributed by atoms with Gasteiger partial charge >= 0.3 is 0 Å². The Bertz CT molecular complexity index is 258. The molecule has 1 heterocycles. The van der Waals surface area contributed by atoms with E-state index in [1.54, 1.807) is 11.3 Å². The molecule has 0 spiro atoms. The molecule has 0 aliphatic rings. The average molecular weight is 278 g/mol. The maximum atomic E-state index is 5.53. The van der Waals surface area contributed by atoms with E-state index in [1.807, 2.05) is 0 Å². The SMILES string of the molecule is NCCN(CCN)Cc1ccc(Br)s1. The van der Waals surface area contributed by atoms with Crippen LogP contribution in [0.15, 0.2) is 15.9 Å². The molecule has 0 aromatic carbocycles. The van der Waals surface area contributed by atoms with Gasteiger partial charge in [-0.25, -0.2) is 0 Å². The second-order valence-corrected chi connectivity index (χ2v) is 5.61. The Morgan fingerprint density at radius 1 is 1.21 bits per heavy atom. The van der Waals surface area contributed by atoms with Gasteiger partial charge in [0.1, 0.15) is 0 Å². The molecule has 80 valence electrons. The standard InChI is InChI=1S/C9H16BrN3S/c10-9-2-1-8(14-9)7-13(5-3-11)6-4-12/h1-2H,3-7,11-12H2. The molecule has 1 aromatic heterocycles. The van der Waals surface area contributed by atoms with Gasteiger partial charge in [0, 0.05) is 37.6 Å². The molecule has 0 atom stereocenters. The van der Waals surface area contributed by atoms with Crippen LogP contribution in [0.25, 0.3) is 0 Å². The summed E-state index contributed by atoms with van der Waals surface area (Å²) in [7, 11) is 0. The molecule has 0 radical (unpaired) electrons. The maximum absolute atomic E-state index is 5.53. The van der Waals surface area contributed by atoms with Crippen LogP contribution < -0.4 is 11.5 Å². The van der Waals surface area contributed by atoms with E-state index in [2.05, 4.69) is 33.0 Å². The molecule has 3 nitrogen and oxygen atoms in total. The molecular weight excluding hydrogens is 262 g/mol. The molecule has 4 N–H and O–H groups in total. The third kappa shape index (κ3) is 4.06. The first-order chi connectivity index (χ1) is 6.76. The van der Waals surface area contributed by atoms with Crippen molar-refractivity contribution in [3.05, 3.63) is 20.8 Å². The van der Waals surface area contributed by atoms with Gasteiger partial charge in [0.25, 0.3) is 0 Å². The first kappa shape index (κ1) is 12.1. The number of nitrogens with zero attached hydrogens (tertiary/aromatic N) is 1. The summed E-state index contributed by atoms with van der Waals surface area (Å²) in [6, 6.07) is 4.21. The van der Waals surface area contributed by atoms with Gasteiger partial charge < -0.3 is 11.5 Å². The minimum absolute atomic E-state index is 0.687. The van der Waals surface area contributed by atoms with Gasteiger partial charge in [-0.05, 0) is 28.1 Å². The molecule has 0 fully saturated rings. The van der Waals surface area contributed by atoms with Crippen LogP contribution in [0, 0.1) is 0 Å². The van der Waals surface area contributed by atoms with Gasteiger partial charge in [0.05, 0.1) is 3.79 Å². The molecule has 0 unspecified atom stereocenters. The monoisotopic (exact) mass is 277 g/mol. The summed E-state index contributed by atoms with van der Waals surface area (Å²) in [5, 5.41) is 0. The van der Waals surface area contributed by atoms with Crippen molar-refractivity contribution in [2.24, 2.45) is 11.5 Å². The van der Waals surface area contributed by atoms with E-state index in [4.69, 9.17) is 11.5 Å². The molecule has 0 aliphatic heterocycles. The van der Waals surface area contributed by atoms with Crippen LogP contribution in [-0.4, -0.2) is 31.1 Å². The molecule has 1 aromatic rings. The minimum atomic E-state index is 0.687. The third-order valence-corrected chi connectivity index (χ3v) is 3.51. The van der Waals surface area contributed by atoms with Crippen LogP contribution >= 0.6 is 27.3 Å². The number of hydrogen-bond donors (Lipinski definition) is 2. The summed E-state index contributed by atoms with van der Waals surface area (Å²) in [6.45, 7) is 4.14. The summed E-state index contributed by atoms with van der Waals surface area (Å²) in [6.07, 6.45) is 0. The number of halogens is 1. The summed E-state index contributed by atoms with van der Waals surface area (Å²) in [4.78, 5) is 3.62. The zero-order valence-corrected chi connectivity index (χ0v) is 10.5. The summed E-state index contributed by atoms with van der Waals surface area (Å²) in [5.74, 6) is 0. The van der Waals surface area contributed by atoms with Crippen LogP contribution in [0.4, 0.5) is 0 Å². The van der Waals surface area contributed by atoms with Crippen LogP contribution in [0.5, 0.6) is 0 Å². The van der Waals surface area contributed by atoms with Crippen LogP contribution in [0.1, 0.15) is 4.88 Å². The fourth-order valence-corrected chi connectivity index (χ4v) is 2.82. The fourth-order valence-electron chi connectivity index (χ4n) is 1.29. The highest BCUT2D eigenvalue weighted by molar-refractivity contribution is 9.11. The molecule has 0 saturated carbocycles. The van der Waals surface area contributed by atoms with Crippen molar-refractivity contribution in [1.82, 2.24) is 4.90 Å². The lowest BCUT2D eigenvalue weighted by Crippen LogP contribution is -2.33. The molecule has 0 bridgehead atoms. The van der Waals surface area contributed by atoms with Crippen molar-refractivity contribution in [3.63, 3.8) is 0 Å². The summed E-state index contributed by atoms with van der Waals surface area (Å²) >= 11 is 5.21. The largest absolute Gasteiger partial charge is 0.329 e. The fraction of sp³-hybridized carbons (Fsp3) is 0.556. The number of thiophene rings is 1. The highest BCUT2D eigenvalue weighted by Crippen LogP contribution is 2.22. The Morgan fingerprint density at radius 3 is 2.29 bits per heavy atom. The van der Waals surface area contributed by atoms with Gasteiger partial charge in [0.2, 0.25) is 0 Å². The van der Waals surface area contributed by atoms with Gasteiger partial charge in [-0.3, -0.25) is 4.90 Å². The molecule has 0 aliphatic carbocycles. The van der Waals surface area contributed by atoms with Crippen molar-refractivity contribution < 1.29 is 0 Å². The van der Waals surface area contributed by atoms with Gasteiger partial charge in [-0.15, -0.1) is 11.3 Å². The normalized spacial score (nSPS) is 11.1. The Labute approximate surface area is 97.2 Å². The average Bonchev–Trinajstić information content (AvgIpc) is 2.52. The Kier molecular flexibility index (Phi) is 5.66. The smallest absolute Gasteiger partial charge is 0.0701 e. The number of nitrogens with two attached hydrogens (primary N) is 2. The van der Waals surface area contributed by atoms with E-state index in [9.17, 15) is 0 Å². The third-order valence-electron chi connectivity index (χ3n) is 1.90. The van der Waals surface area contributed by atoms with Gasteiger partial charge in [-0.2, -0.15) is 0 Å². The summed E-state index contributed by atoms with van der Waals surface area (Å²) < 4.78 is 1.17. The van der Waals surface area contributed by atoms with E-state index in [0.29, 0.717) is 13.1 Å². The van der Waals surface area contributed by atoms with E-state index in [1.165, 1.54) is 8.66 Å². The van der Waals surface area contributed by atoms with Crippen molar-refractivity contribution in [3.8, 4) is 0 Å². The quantitative estimate of drug-likeness (QED) is 0.823. The number of rotatable bonds is 6. The van der Waals surface area contributed by atoms with Crippen molar-refractivity contribution in [2.45, 2.75) is 6.54 Å².